The van der Waals surface area contributed by atoms with E-state index >= 15 is 0 Å². The van der Waals surface area contributed by atoms with Crippen LogP contribution < -0.4 is 10.6 Å². The minimum absolute atomic E-state index is 0.708. The molecule has 0 fully saturated rings. The molecule has 2 aromatic carbocycles. The van der Waals surface area contributed by atoms with E-state index in [1.807, 2.05) is 30.3 Å². The van der Waals surface area contributed by atoms with Gasteiger partial charge in [0.2, 0.25) is 0 Å². The normalized spacial score (nSPS) is 13.2. The van der Waals surface area contributed by atoms with E-state index < -0.39 is 0 Å². The number of aryl methyl sites for hydroxylation is 1. The topological polar surface area (TPSA) is 37.0 Å². The average molecular weight is 362 g/mol. The molecule has 4 heteroatoms. The van der Waals surface area contributed by atoms with Crippen molar-refractivity contribution in [3.8, 4) is 11.3 Å². The first-order valence-corrected chi connectivity index (χ1v) is 9.03. The Morgan fingerprint density at radius 2 is 1.69 bits per heavy atom. The van der Waals surface area contributed by atoms with Crippen LogP contribution in [0.1, 0.15) is 18.1 Å². The number of aromatic nitrogens is 1. The quantitative estimate of drug-likeness (QED) is 0.602. The summed E-state index contributed by atoms with van der Waals surface area (Å²) in [4.78, 5) is 4.82. The van der Waals surface area contributed by atoms with Crippen LogP contribution in [-0.4, -0.2) is 11.5 Å². The molecule has 0 aliphatic carbocycles. The van der Waals surface area contributed by atoms with Gasteiger partial charge >= 0.3 is 0 Å². The van der Waals surface area contributed by atoms with Crippen LogP contribution >= 0.6 is 11.6 Å². The summed E-state index contributed by atoms with van der Waals surface area (Å²) >= 11 is 6.37. The van der Waals surface area contributed by atoms with Crippen molar-refractivity contribution in [1.29, 1.82) is 0 Å². The van der Waals surface area contributed by atoms with E-state index in [0.29, 0.717) is 5.02 Å². The van der Waals surface area contributed by atoms with Gasteiger partial charge in [0.1, 0.15) is 5.82 Å². The molecule has 26 heavy (non-hydrogen) atoms. The van der Waals surface area contributed by atoms with Gasteiger partial charge in [-0.1, -0.05) is 48.0 Å². The summed E-state index contributed by atoms with van der Waals surface area (Å²) in [6, 6.07) is 20.2. The minimum Gasteiger partial charge on any atom is -0.381 e. The van der Waals surface area contributed by atoms with Crippen LogP contribution in [0.2, 0.25) is 5.02 Å². The lowest BCUT2D eigenvalue weighted by Crippen LogP contribution is -2.16. The molecule has 3 nitrogen and oxygen atoms in total. The molecule has 2 N–H and O–H groups in total. The van der Waals surface area contributed by atoms with Gasteiger partial charge in [0.15, 0.2) is 0 Å². The van der Waals surface area contributed by atoms with Gasteiger partial charge in [-0.2, -0.15) is 0 Å². The zero-order valence-corrected chi connectivity index (χ0v) is 15.6. The van der Waals surface area contributed by atoms with E-state index in [4.69, 9.17) is 16.6 Å². The Balaban J connectivity index is 1.75. The second-order valence-electron chi connectivity index (χ2n) is 6.57. The predicted molar refractivity (Wildman–Crippen MR) is 111 cm³/mol. The number of benzene rings is 2. The first-order valence-electron chi connectivity index (χ1n) is 8.65. The highest BCUT2D eigenvalue weighted by Crippen LogP contribution is 2.33. The molecule has 0 bridgehead atoms. The summed E-state index contributed by atoms with van der Waals surface area (Å²) in [6.07, 6.45) is 0. The maximum Gasteiger partial charge on any atom is 0.131 e. The van der Waals surface area contributed by atoms with Crippen LogP contribution in [0.15, 0.2) is 66.2 Å². The number of hydrogen-bond acceptors (Lipinski definition) is 3. The lowest BCUT2D eigenvalue weighted by molar-refractivity contribution is 1.16. The molecule has 0 amide bonds. The SMILES string of the molecule is CC1=C(Nc2cc(C)cc(-c3ccccc3Cl)n2)c2ccccc2NC1. The van der Waals surface area contributed by atoms with E-state index in [2.05, 4.69) is 54.8 Å². The first kappa shape index (κ1) is 16.7. The number of para-hydroxylation sites is 1. The second-order valence-corrected chi connectivity index (χ2v) is 6.98. The predicted octanol–water partition coefficient (Wildman–Crippen LogP) is 5.98. The second kappa shape index (κ2) is 6.85. The summed E-state index contributed by atoms with van der Waals surface area (Å²) in [5, 5.41) is 7.70. The fourth-order valence-corrected chi connectivity index (χ4v) is 3.47. The summed E-state index contributed by atoms with van der Waals surface area (Å²) < 4.78 is 0. The molecule has 4 rings (SSSR count). The highest BCUT2D eigenvalue weighted by atomic mass is 35.5. The van der Waals surface area contributed by atoms with Crippen molar-refractivity contribution in [2.24, 2.45) is 0 Å². The lowest BCUT2D eigenvalue weighted by Gasteiger charge is -2.24. The number of halogens is 1. The molecule has 0 atom stereocenters. The fourth-order valence-electron chi connectivity index (χ4n) is 3.24. The van der Waals surface area contributed by atoms with Crippen LogP contribution in [-0.2, 0) is 0 Å². The third kappa shape index (κ3) is 3.18. The van der Waals surface area contributed by atoms with Gasteiger partial charge in [-0.05, 0) is 49.2 Å². The molecule has 0 unspecified atom stereocenters. The smallest absolute Gasteiger partial charge is 0.131 e. The van der Waals surface area contributed by atoms with Crippen molar-refractivity contribution < 1.29 is 0 Å². The zero-order valence-electron chi connectivity index (χ0n) is 14.8. The molecule has 1 aromatic heterocycles. The van der Waals surface area contributed by atoms with Crippen LogP contribution in [0.4, 0.5) is 11.5 Å². The van der Waals surface area contributed by atoms with Gasteiger partial charge in [-0.15, -0.1) is 0 Å². The van der Waals surface area contributed by atoms with Crippen LogP contribution in [0.5, 0.6) is 0 Å². The number of nitrogens with one attached hydrogen (secondary N) is 2. The number of pyridine rings is 1. The number of hydrogen-bond donors (Lipinski definition) is 2. The van der Waals surface area contributed by atoms with Gasteiger partial charge in [-0.25, -0.2) is 4.98 Å². The van der Waals surface area contributed by atoms with Crippen molar-refractivity contribution in [3.05, 3.63) is 82.4 Å². The molecule has 0 radical (unpaired) electrons. The molecule has 0 saturated carbocycles. The Bertz CT molecular complexity index is 1010. The molecule has 2 heterocycles. The molecular formula is C22H20ClN3. The summed E-state index contributed by atoms with van der Waals surface area (Å²) in [6.45, 7) is 5.03. The standard InChI is InChI=1S/C22H20ClN3/c1-14-11-20(16-7-3-5-9-18(16)23)25-21(12-14)26-22-15(2)13-24-19-10-6-4-8-17(19)22/h3-12,24H,13H2,1-2H3,(H,25,26). The molecule has 130 valence electrons. The highest BCUT2D eigenvalue weighted by Gasteiger charge is 2.17. The number of nitrogens with zero attached hydrogens (tertiary/aromatic N) is 1. The monoisotopic (exact) mass is 361 g/mol. The van der Waals surface area contributed by atoms with Gasteiger partial charge in [0, 0.05) is 34.1 Å². The third-order valence-electron chi connectivity index (χ3n) is 4.54. The van der Waals surface area contributed by atoms with Crippen LogP contribution in [0.25, 0.3) is 17.0 Å². The van der Waals surface area contributed by atoms with E-state index in [1.165, 1.54) is 11.1 Å². The first-order chi connectivity index (χ1) is 12.6. The molecule has 1 aliphatic rings. The molecule has 0 spiro atoms. The zero-order chi connectivity index (χ0) is 18.1. The van der Waals surface area contributed by atoms with Gasteiger partial charge in [0.05, 0.1) is 5.69 Å². The number of fused-ring (bicyclic) bond motifs is 1. The molecule has 1 aliphatic heterocycles. The Morgan fingerprint density at radius 3 is 2.50 bits per heavy atom. The van der Waals surface area contributed by atoms with Crippen molar-refractivity contribution in [2.75, 3.05) is 17.2 Å². The molecule has 3 aromatic rings. The van der Waals surface area contributed by atoms with Crippen molar-refractivity contribution in [2.45, 2.75) is 13.8 Å². The van der Waals surface area contributed by atoms with Gasteiger partial charge in [0.25, 0.3) is 0 Å². The van der Waals surface area contributed by atoms with E-state index in [9.17, 15) is 0 Å². The Hall–Kier alpha value is -2.78. The van der Waals surface area contributed by atoms with Gasteiger partial charge in [-0.3, -0.25) is 0 Å². The maximum atomic E-state index is 6.37. The van der Waals surface area contributed by atoms with Crippen molar-refractivity contribution in [3.63, 3.8) is 0 Å². The highest BCUT2D eigenvalue weighted by molar-refractivity contribution is 6.33. The molecule has 0 saturated heterocycles. The van der Waals surface area contributed by atoms with E-state index in [0.717, 1.165) is 40.6 Å². The number of rotatable bonds is 3. The maximum absolute atomic E-state index is 6.37. The average Bonchev–Trinajstić information content (AvgIpc) is 2.64. The summed E-state index contributed by atoms with van der Waals surface area (Å²) in [5.41, 5.74) is 7.63. The summed E-state index contributed by atoms with van der Waals surface area (Å²) in [7, 11) is 0. The Kier molecular flexibility index (Phi) is 4.39. The lowest BCUT2D eigenvalue weighted by atomic mass is 10.0. The van der Waals surface area contributed by atoms with Crippen LogP contribution in [0.3, 0.4) is 0 Å². The Morgan fingerprint density at radius 1 is 0.962 bits per heavy atom. The Labute approximate surface area is 158 Å². The van der Waals surface area contributed by atoms with E-state index in [-0.39, 0.29) is 0 Å². The van der Waals surface area contributed by atoms with Crippen LogP contribution in [0, 0.1) is 6.92 Å². The fraction of sp³-hybridized carbons (Fsp3) is 0.136. The minimum atomic E-state index is 0.708. The largest absolute Gasteiger partial charge is 0.381 e. The van der Waals surface area contributed by atoms with E-state index in [1.54, 1.807) is 0 Å². The van der Waals surface area contributed by atoms with Crippen molar-refractivity contribution >= 4 is 28.8 Å². The third-order valence-corrected chi connectivity index (χ3v) is 4.87. The summed E-state index contributed by atoms with van der Waals surface area (Å²) in [5.74, 6) is 0.825. The van der Waals surface area contributed by atoms with Gasteiger partial charge < -0.3 is 10.6 Å². The molecular weight excluding hydrogens is 342 g/mol. The van der Waals surface area contributed by atoms with Crippen molar-refractivity contribution in [1.82, 2.24) is 4.98 Å². The number of anilines is 2.